The van der Waals surface area contributed by atoms with Gasteiger partial charge in [-0.15, -0.1) is 0 Å². The summed E-state index contributed by atoms with van der Waals surface area (Å²) in [4.78, 5) is 24.7. The van der Waals surface area contributed by atoms with E-state index in [1.165, 1.54) is 7.11 Å². The molecule has 2 atom stereocenters. The Hall–Kier alpha value is -2.66. The van der Waals surface area contributed by atoms with E-state index in [2.05, 4.69) is 10.6 Å². The number of benzene rings is 2. The van der Waals surface area contributed by atoms with E-state index >= 15 is 0 Å². The lowest BCUT2D eigenvalue weighted by Gasteiger charge is -2.20. The Morgan fingerprint density at radius 1 is 0.958 bits per heavy atom. The van der Waals surface area contributed by atoms with Gasteiger partial charge in [-0.3, -0.25) is 9.59 Å². The molecule has 0 saturated carbocycles. The van der Waals surface area contributed by atoms with Crippen LogP contribution in [0.4, 0.5) is 5.69 Å². The van der Waals surface area contributed by atoms with Crippen molar-refractivity contribution < 1.29 is 14.3 Å². The van der Waals surface area contributed by atoms with Gasteiger partial charge in [-0.2, -0.15) is 0 Å². The molecule has 5 nitrogen and oxygen atoms in total. The van der Waals surface area contributed by atoms with Crippen molar-refractivity contribution in [3.05, 3.63) is 66.2 Å². The lowest BCUT2D eigenvalue weighted by atomic mass is 10.0. The van der Waals surface area contributed by atoms with Gasteiger partial charge in [0.15, 0.2) is 0 Å². The summed E-state index contributed by atoms with van der Waals surface area (Å²) in [6.07, 6.45) is -0.213. The zero-order valence-electron chi connectivity index (χ0n) is 13.9. The molecule has 0 aliphatic carbocycles. The van der Waals surface area contributed by atoms with E-state index in [4.69, 9.17) is 4.74 Å². The topological polar surface area (TPSA) is 67.4 Å². The third-order valence-corrected chi connectivity index (χ3v) is 3.68. The average molecular weight is 326 g/mol. The van der Waals surface area contributed by atoms with Crippen LogP contribution in [0, 0.1) is 0 Å². The summed E-state index contributed by atoms with van der Waals surface area (Å²) in [5.74, 6) is -0.580. The lowest BCUT2D eigenvalue weighted by molar-refractivity contribution is -0.133. The van der Waals surface area contributed by atoms with Crippen LogP contribution in [0.2, 0.25) is 0 Å². The first kappa shape index (κ1) is 17.7. The van der Waals surface area contributed by atoms with E-state index in [-0.39, 0.29) is 11.8 Å². The molecule has 0 radical (unpaired) electrons. The SMILES string of the molecule is CO[C@H](C)C(=O)N[C@@H](Cc1ccccc1)C(=O)Nc1ccccc1. The Bertz CT molecular complexity index is 659. The molecule has 0 saturated heterocycles. The van der Waals surface area contributed by atoms with Crippen LogP contribution in [0.25, 0.3) is 0 Å². The first-order valence-corrected chi connectivity index (χ1v) is 7.83. The van der Waals surface area contributed by atoms with Gasteiger partial charge < -0.3 is 15.4 Å². The van der Waals surface area contributed by atoms with Crippen LogP contribution < -0.4 is 10.6 Å². The van der Waals surface area contributed by atoms with Crippen LogP contribution in [-0.2, 0) is 20.7 Å². The highest BCUT2D eigenvalue weighted by Crippen LogP contribution is 2.09. The van der Waals surface area contributed by atoms with Gasteiger partial charge in [0.05, 0.1) is 0 Å². The predicted octanol–water partition coefficient (Wildman–Crippen LogP) is 2.39. The first-order chi connectivity index (χ1) is 11.6. The number of para-hydroxylation sites is 1. The monoisotopic (exact) mass is 326 g/mol. The van der Waals surface area contributed by atoms with Crippen molar-refractivity contribution in [2.75, 3.05) is 12.4 Å². The van der Waals surface area contributed by atoms with Gasteiger partial charge in [-0.05, 0) is 24.6 Å². The van der Waals surface area contributed by atoms with E-state index in [1.807, 2.05) is 48.5 Å². The number of anilines is 1. The average Bonchev–Trinajstić information content (AvgIpc) is 2.62. The Balaban J connectivity index is 2.11. The fourth-order valence-corrected chi connectivity index (χ4v) is 2.21. The van der Waals surface area contributed by atoms with Crippen molar-refractivity contribution in [2.45, 2.75) is 25.5 Å². The molecule has 126 valence electrons. The summed E-state index contributed by atoms with van der Waals surface area (Å²) in [6.45, 7) is 1.64. The minimum Gasteiger partial charge on any atom is -0.372 e. The standard InChI is InChI=1S/C19H22N2O3/c1-14(24-2)18(22)21-17(13-15-9-5-3-6-10-15)19(23)20-16-11-7-4-8-12-16/h3-12,14,17H,13H2,1-2H3,(H,20,23)(H,21,22)/t14-,17+/m1/s1. The lowest BCUT2D eigenvalue weighted by Crippen LogP contribution is -2.48. The van der Waals surface area contributed by atoms with Crippen molar-refractivity contribution >= 4 is 17.5 Å². The largest absolute Gasteiger partial charge is 0.372 e. The van der Waals surface area contributed by atoms with Crippen LogP contribution in [0.3, 0.4) is 0 Å². The Kier molecular flexibility index (Phi) is 6.51. The number of nitrogens with one attached hydrogen (secondary N) is 2. The number of hydrogen-bond acceptors (Lipinski definition) is 3. The second-order valence-corrected chi connectivity index (χ2v) is 5.48. The second kappa shape index (κ2) is 8.84. The Morgan fingerprint density at radius 3 is 2.12 bits per heavy atom. The van der Waals surface area contributed by atoms with Crippen LogP contribution >= 0.6 is 0 Å². The van der Waals surface area contributed by atoms with E-state index < -0.39 is 12.1 Å². The zero-order valence-corrected chi connectivity index (χ0v) is 13.9. The van der Waals surface area contributed by atoms with E-state index in [0.717, 1.165) is 5.56 Å². The van der Waals surface area contributed by atoms with Gasteiger partial charge >= 0.3 is 0 Å². The maximum atomic E-state index is 12.6. The van der Waals surface area contributed by atoms with Crippen LogP contribution in [-0.4, -0.2) is 31.1 Å². The number of carbonyl (C=O) groups excluding carboxylic acids is 2. The van der Waals surface area contributed by atoms with E-state index in [1.54, 1.807) is 19.1 Å². The first-order valence-electron chi connectivity index (χ1n) is 7.83. The molecule has 0 aliphatic rings. The van der Waals surface area contributed by atoms with Gasteiger partial charge in [0, 0.05) is 19.2 Å². The molecule has 0 bridgehead atoms. The quantitative estimate of drug-likeness (QED) is 0.821. The summed E-state index contributed by atoms with van der Waals surface area (Å²) in [6, 6.07) is 18.0. The molecule has 2 amide bonds. The van der Waals surface area contributed by atoms with Crippen molar-refractivity contribution in [2.24, 2.45) is 0 Å². The minimum atomic E-state index is -0.683. The highest BCUT2D eigenvalue weighted by atomic mass is 16.5. The summed E-state index contributed by atoms with van der Waals surface area (Å²) in [7, 11) is 1.46. The fraction of sp³-hybridized carbons (Fsp3) is 0.263. The van der Waals surface area contributed by atoms with Gasteiger partial charge in [0.1, 0.15) is 12.1 Å². The zero-order chi connectivity index (χ0) is 17.4. The molecule has 2 aromatic rings. The second-order valence-electron chi connectivity index (χ2n) is 5.48. The number of hydrogen-bond donors (Lipinski definition) is 2. The van der Waals surface area contributed by atoms with Crippen molar-refractivity contribution in [1.29, 1.82) is 0 Å². The number of amides is 2. The maximum absolute atomic E-state index is 12.6. The van der Waals surface area contributed by atoms with Crippen molar-refractivity contribution in [3.63, 3.8) is 0 Å². The van der Waals surface area contributed by atoms with Gasteiger partial charge in [-0.1, -0.05) is 48.5 Å². The molecular formula is C19H22N2O3. The predicted molar refractivity (Wildman–Crippen MR) is 93.6 cm³/mol. The van der Waals surface area contributed by atoms with Crippen molar-refractivity contribution in [3.8, 4) is 0 Å². The molecule has 2 N–H and O–H groups in total. The fourth-order valence-electron chi connectivity index (χ4n) is 2.21. The molecule has 24 heavy (non-hydrogen) atoms. The molecule has 0 heterocycles. The molecule has 2 rings (SSSR count). The summed E-state index contributed by atoms with van der Waals surface area (Å²) < 4.78 is 5.02. The van der Waals surface area contributed by atoms with Crippen molar-refractivity contribution in [1.82, 2.24) is 5.32 Å². The molecular weight excluding hydrogens is 304 g/mol. The van der Waals surface area contributed by atoms with Crippen LogP contribution in [0.1, 0.15) is 12.5 Å². The molecule has 0 fully saturated rings. The van der Waals surface area contributed by atoms with E-state index in [9.17, 15) is 9.59 Å². The van der Waals surface area contributed by atoms with Crippen LogP contribution in [0.15, 0.2) is 60.7 Å². The molecule has 0 unspecified atom stereocenters. The number of rotatable bonds is 7. The molecule has 0 spiro atoms. The normalized spacial score (nSPS) is 12.9. The van der Waals surface area contributed by atoms with Gasteiger partial charge in [-0.25, -0.2) is 0 Å². The number of methoxy groups -OCH3 is 1. The molecule has 0 aromatic heterocycles. The van der Waals surface area contributed by atoms with E-state index in [0.29, 0.717) is 12.1 Å². The third kappa shape index (κ3) is 5.21. The maximum Gasteiger partial charge on any atom is 0.249 e. The third-order valence-electron chi connectivity index (χ3n) is 3.68. The smallest absolute Gasteiger partial charge is 0.249 e. The highest BCUT2D eigenvalue weighted by molar-refractivity contribution is 5.97. The van der Waals surface area contributed by atoms with Gasteiger partial charge in [0.2, 0.25) is 11.8 Å². The Morgan fingerprint density at radius 2 is 1.54 bits per heavy atom. The molecule has 0 aliphatic heterocycles. The molecule has 2 aromatic carbocycles. The number of carbonyl (C=O) groups is 2. The minimum absolute atomic E-state index is 0.262. The highest BCUT2D eigenvalue weighted by Gasteiger charge is 2.23. The molecule has 5 heteroatoms. The Labute approximate surface area is 142 Å². The van der Waals surface area contributed by atoms with Crippen LogP contribution in [0.5, 0.6) is 0 Å². The summed E-state index contributed by atoms with van der Waals surface area (Å²) in [5, 5.41) is 5.59. The summed E-state index contributed by atoms with van der Waals surface area (Å²) >= 11 is 0. The van der Waals surface area contributed by atoms with Gasteiger partial charge in [0.25, 0.3) is 0 Å². The number of ether oxygens (including phenoxy) is 1. The summed E-state index contributed by atoms with van der Waals surface area (Å²) in [5.41, 5.74) is 1.66.